The van der Waals surface area contributed by atoms with Crippen LogP contribution in [0.4, 0.5) is 8.78 Å². The molecule has 0 aromatic heterocycles. The Morgan fingerprint density at radius 3 is 2.45 bits per heavy atom. The van der Waals surface area contributed by atoms with Gasteiger partial charge < -0.3 is 10.5 Å². The zero-order valence-corrected chi connectivity index (χ0v) is 11.3. The summed E-state index contributed by atoms with van der Waals surface area (Å²) >= 11 is 0. The average Bonchev–Trinajstić information content (AvgIpc) is 2.48. The average molecular weight is 277 g/mol. The van der Waals surface area contributed by atoms with Crippen LogP contribution in [0.1, 0.15) is 24.1 Å². The highest BCUT2D eigenvalue weighted by molar-refractivity contribution is 5.28. The Bertz CT molecular complexity index is 569. The molecule has 0 fully saturated rings. The Labute approximate surface area is 117 Å². The Morgan fingerprint density at radius 1 is 1.10 bits per heavy atom. The van der Waals surface area contributed by atoms with Crippen molar-refractivity contribution >= 4 is 0 Å². The Kier molecular flexibility index (Phi) is 4.69. The standard InChI is InChI=1S/C16H17F2NO/c1-2-11-6-8-12(9-7-11)20-10-15(19)13-4-3-5-14(17)16(13)18/h3-9,15H,2,10,19H2,1H3. The van der Waals surface area contributed by atoms with Gasteiger partial charge >= 0.3 is 0 Å². The second kappa shape index (κ2) is 6.48. The third kappa shape index (κ3) is 3.33. The molecule has 0 aliphatic heterocycles. The van der Waals surface area contributed by atoms with E-state index in [0.29, 0.717) is 5.75 Å². The van der Waals surface area contributed by atoms with Gasteiger partial charge in [-0.2, -0.15) is 0 Å². The maximum absolute atomic E-state index is 13.6. The van der Waals surface area contributed by atoms with Crippen LogP contribution < -0.4 is 10.5 Å². The highest BCUT2D eigenvalue weighted by Gasteiger charge is 2.15. The summed E-state index contributed by atoms with van der Waals surface area (Å²) in [6, 6.07) is 10.9. The number of benzene rings is 2. The van der Waals surface area contributed by atoms with Crippen molar-refractivity contribution in [3.63, 3.8) is 0 Å². The maximum Gasteiger partial charge on any atom is 0.163 e. The second-order valence-corrected chi connectivity index (χ2v) is 4.56. The zero-order valence-electron chi connectivity index (χ0n) is 11.3. The van der Waals surface area contributed by atoms with Gasteiger partial charge in [-0.25, -0.2) is 8.78 Å². The van der Waals surface area contributed by atoms with Crippen molar-refractivity contribution in [3.05, 3.63) is 65.2 Å². The van der Waals surface area contributed by atoms with Crippen LogP contribution >= 0.6 is 0 Å². The van der Waals surface area contributed by atoms with E-state index in [1.807, 2.05) is 24.3 Å². The number of nitrogens with two attached hydrogens (primary N) is 1. The van der Waals surface area contributed by atoms with Crippen molar-refractivity contribution in [2.75, 3.05) is 6.61 Å². The van der Waals surface area contributed by atoms with Crippen LogP contribution in [0, 0.1) is 11.6 Å². The maximum atomic E-state index is 13.6. The molecule has 0 amide bonds. The predicted octanol–water partition coefficient (Wildman–Crippen LogP) is 3.61. The van der Waals surface area contributed by atoms with E-state index >= 15 is 0 Å². The highest BCUT2D eigenvalue weighted by Crippen LogP contribution is 2.19. The molecule has 2 rings (SSSR count). The SMILES string of the molecule is CCc1ccc(OCC(N)c2cccc(F)c2F)cc1. The molecule has 0 heterocycles. The van der Waals surface area contributed by atoms with E-state index in [-0.39, 0.29) is 12.2 Å². The summed E-state index contributed by atoms with van der Waals surface area (Å²) in [6.07, 6.45) is 0.953. The molecule has 20 heavy (non-hydrogen) atoms. The van der Waals surface area contributed by atoms with Gasteiger partial charge in [-0.3, -0.25) is 0 Å². The zero-order chi connectivity index (χ0) is 14.5. The molecule has 1 unspecified atom stereocenters. The first-order chi connectivity index (χ1) is 9.61. The third-order valence-corrected chi connectivity index (χ3v) is 3.14. The van der Waals surface area contributed by atoms with Crippen molar-refractivity contribution in [2.45, 2.75) is 19.4 Å². The van der Waals surface area contributed by atoms with E-state index in [1.165, 1.54) is 17.7 Å². The molecule has 0 aliphatic carbocycles. The molecule has 106 valence electrons. The first-order valence-electron chi connectivity index (χ1n) is 6.53. The molecule has 4 heteroatoms. The van der Waals surface area contributed by atoms with Crippen LogP contribution in [0.2, 0.25) is 0 Å². The van der Waals surface area contributed by atoms with Gasteiger partial charge in [0.05, 0.1) is 6.04 Å². The molecule has 0 saturated carbocycles. The quantitative estimate of drug-likeness (QED) is 0.906. The number of hydrogen-bond acceptors (Lipinski definition) is 2. The summed E-state index contributed by atoms with van der Waals surface area (Å²) in [4.78, 5) is 0. The highest BCUT2D eigenvalue weighted by atomic mass is 19.2. The number of rotatable bonds is 5. The van der Waals surface area contributed by atoms with Crippen LogP contribution in [0.15, 0.2) is 42.5 Å². The van der Waals surface area contributed by atoms with Gasteiger partial charge in [-0.1, -0.05) is 31.2 Å². The number of aryl methyl sites for hydroxylation is 1. The fraction of sp³-hybridized carbons (Fsp3) is 0.250. The van der Waals surface area contributed by atoms with Crippen LogP contribution in [-0.4, -0.2) is 6.61 Å². The Hall–Kier alpha value is -1.94. The van der Waals surface area contributed by atoms with Gasteiger partial charge in [0.15, 0.2) is 11.6 Å². The van der Waals surface area contributed by atoms with Crippen LogP contribution in [-0.2, 0) is 6.42 Å². The smallest absolute Gasteiger partial charge is 0.163 e. The van der Waals surface area contributed by atoms with Crippen molar-refractivity contribution in [1.29, 1.82) is 0 Å². The minimum atomic E-state index is -0.912. The molecule has 2 nitrogen and oxygen atoms in total. The summed E-state index contributed by atoms with van der Waals surface area (Å²) in [5.74, 6) is -1.15. The van der Waals surface area contributed by atoms with Gasteiger partial charge in [0.25, 0.3) is 0 Å². The van der Waals surface area contributed by atoms with Gasteiger partial charge in [0.1, 0.15) is 12.4 Å². The summed E-state index contributed by atoms with van der Waals surface area (Å²) in [7, 11) is 0. The topological polar surface area (TPSA) is 35.2 Å². The van der Waals surface area contributed by atoms with E-state index in [9.17, 15) is 8.78 Å². The predicted molar refractivity (Wildman–Crippen MR) is 74.6 cm³/mol. The van der Waals surface area contributed by atoms with E-state index in [0.717, 1.165) is 12.5 Å². The molecule has 1 atom stereocenters. The third-order valence-electron chi connectivity index (χ3n) is 3.14. The lowest BCUT2D eigenvalue weighted by Crippen LogP contribution is -2.20. The molecular formula is C16H17F2NO. The van der Waals surface area contributed by atoms with Gasteiger partial charge in [0, 0.05) is 5.56 Å². The lowest BCUT2D eigenvalue weighted by Gasteiger charge is -2.14. The number of hydrogen-bond donors (Lipinski definition) is 1. The van der Waals surface area contributed by atoms with Gasteiger partial charge in [-0.05, 0) is 30.2 Å². The Balaban J connectivity index is 2.00. The van der Waals surface area contributed by atoms with E-state index < -0.39 is 17.7 Å². The van der Waals surface area contributed by atoms with Crippen molar-refractivity contribution in [3.8, 4) is 5.75 Å². The summed E-state index contributed by atoms with van der Waals surface area (Å²) in [6.45, 7) is 2.16. The summed E-state index contributed by atoms with van der Waals surface area (Å²) < 4.78 is 32.2. The first kappa shape index (κ1) is 14.5. The molecular weight excluding hydrogens is 260 g/mol. The van der Waals surface area contributed by atoms with Gasteiger partial charge in [0.2, 0.25) is 0 Å². The first-order valence-corrected chi connectivity index (χ1v) is 6.53. The van der Waals surface area contributed by atoms with Gasteiger partial charge in [-0.15, -0.1) is 0 Å². The molecule has 0 saturated heterocycles. The molecule has 0 spiro atoms. The molecule has 2 N–H and O–H groups in total. The molecule has 2 aromatic carbocycles. The Morgan fingerprint density at radius 2 is 1.80 bits per heavy atom. The number of halogens is 2. The number of ether oxygens (including phenoxy) is 1. The minimum absolute atomic E-state index is 0.0891. The largest absolute Gasteiger partial charge is 0.492 e. The fourth-order valence-electron chi connectivity index (χ4n) is 1.90. The lowest BCUT2D eigenvalue weighted by atomic mass is 10.1. The molecule has 0 aliphatic rings. The van der Waals surface area contributed by atoms with E-state index in [4.69, 9.17) is 10.5 Å². The van der Waals surface area contributed by atoms with E-state index in [1.54, 1.807) is 0 Å². The van der Waals surface area contributed by atoms with Crippen LogP contribution in [0.25, 0.3) is 0 Å². The lowest BCUT2D eigenvalue weighted by molar-refractivity contribution is 0.286. The molecule has 0 bridgehead atoms. The van der Waals surface area contributed by atoms with Crippen molar-refractivity contribution in [2.24, 2.45) is 5.73 Å². The molecule has 2 aromatic rings. The van der Waals surface area contributed by atoms with E-state index in [2.05, 4.69) is 6.92 Å². The summed E-state index contributed by atoms with van der Waals surface area (Å²) in [5.41, 5.74) is 7.16. The van der Waals surface area contributed by atoms with Crippen LogP contribution in [0.3, 0.4) is 0 Å². The summed E-state index contributed by atoms with van der Waals surface area (Å²) in [5, 5.41) is 0. The molecule has 0 radical (unpaired) electrons. The second-order valence-electron chi connectivity index (χ2n) is 4.56. The fourth-order valence-corrected chi connectivity index (χ4v) is 1.90. The minimum Gasteiger partial charge on any atom is -0.492 e. The normalized spacial score (nSPS) is 12.2. The van der Waals surface area contributed by atoms with Crippen LogP contribution in [0.5, 0.6) is 5.75 Å². The monoisotopic (exact) mass is 277 g/mol. The van der Waals surface area contributed by atoms with Crippen molar-refractivity contribution < 1.29 is 13.5 Å². The van der Waals surface area contributed by atoms with Crippen molar-refractivity contribution in [1.82, 2.24) is 0 Å².